The molecule has 1 saturated carbocycles. The van der Waals surface area contributed by atoms with Gasteiger partial charge in [0.05, 0.1) is 0 Å². The summed E-state index contributed by atoms with van der Waals surface area (Å²) in [5, 5.41) is 2.96. The van der Waals surface area contributed by atoms with Gasteiger partial charge in [-0.2, -0.15) is 0 Å². The number of amides is 1. The second-order valence-electron chi connectivity index (χ2n) is 4.94. The van der Waals surface area contributed by atoms with Crippen molar-refractivity contribution in [3.05, 3.63) is 35.9 Å². The Balaban J connectivity index is 1.88. The van der Waals surface area contributed by atoms with Crippen LogP contribution in [0.4, 0.5) is 4.79 Å². The van der Waals surface area contributed by atoms with Crippen molar-refractivity contribution in [3.63, 3.8) is 0 Å². The van der Waals surface area contributed by atoms with E-state index < -0.39 is 0 Å². The summed E-state index contributed by atoms with van der Waals surface area (Å²) in [6.07, 6.45) is 4.36. The van der Waals surface area contributed by atoms with Gasteiger partial charge in [0, 0.05) is 12.0 Å². The monoisotopic (exact) mass is 231 g/mol. The fraction of sp³-hybridized carbons (Fsp3) is 0.500. The zero-order valence-corrected chi connectivity index (χ0v) is 9.76. The largest absolute Gasteiger partial charge is 0.441 e. The molecule has 1 aliphatic heterocycles. The van der Waals surface area contributed by atoms with Gasteiger partial charge in [0.1, 0.15) is 6.10 Å². The van der Waals surface area contributed by atoms with E-state index in [2.05, 4.69) is 17.4 Å². The number of benzene rings is 1. The molecule has 3 atom stereocenters. The van der Waals surface area contributed by atoms with Gasteiger partial charge in [-0.1, -0.05) is 43.2 Å². The van der Waals surface area contributed by atoms with Crippen LogP contribution < -0.4 is 5.32 Å². The highest BCUT2D eigenvalue weighted by Crippen LogP contribution is 2.39. The molecule has 0 bridgehead atoms. The highest BCUT2D eigenvalue weighted by molar-refractivity contribution is 5.69. The van der Waals surface area contributed by atoms with Crippen molar-refractivity contribution in [3.8, 4) is 0 Å². The fourth-order valence-corrected chi connectivity index (χ4v) is 3.05. The third-order valence-electron chi connectivity index (χ3n) is 3.87. The van der Waals surface area contributed by atoms with Gasteiger partial charge in [-0.05, 0) is 18.4 Å². The van der Waals surface area contributed by atoms with Gasteiger partial charge in [0.25, 0.3) is 0 Å². The summed E-state index contributed by atoms with van der Waals surface area (Å²) < 4.78 is 5.49. The number of cyclic esters (lactones) is 1. The predicted octanol–water partition coefficient (Wildman–Crippen LogP) is 3.03. The third-order valence-corrected chi connectivity index (χ3v) is 3.87. The fourth-order valence-electron chi connectivity index (χ4n) is 3.05. The standard InChI is InChI=1S/C14H17NO2/c16-14-15-12-9-5-4-8-11(12)13(17-14)10-6-2-1-3-7-10/h1-3,6-7,11-13H,4-5,8-9H2,(H,15,16)/t11-,12-,13-/m1/s1. The van der Waals surface area contributed by atoms with Gasteiger partial charge in [0.15, 0.2) is 0 Å². The molecule has 0 radical (unpaired) electrons. The van der Waals surface area contributed by atoms with Gasteiger partial charge >= 0.3 is 6.09 Å². The first-order valence-corrected chi connectivity index (χ1v) is 6.37. The Hall–Kier alpha value is -1.51. The van der Waals surface area contributed by atoms with Crippen molar-refractivity contribution in [2.75, 3.05) is 0 Å². The van der Waals surface area contributed by atoms with Crippen LogP contribution in [0.25, 0.3) is 0 Å². The molecule has 1 aliphatic carbocycles. The van der Waals surface area contributed by atoms with Crippen molar-refractivity contribution in [1.82, 2.24) is 5.32 Å². The van der Waals surface area contributed by atoms with Crippen molar-refractivity contribution >= 4 is 6.09 Å². The molecule has 90 valence electrons. The van der Waals surface area contributed by atoms with Crippen molar-refractivity contribution in [2.24, 2.45) is 5.92 Å². The van der Waals surface area contributed by atoms with E-state index >= 15 is 0 Å². The lowest BCUT2D eigenvalue weighted by atomic mass is 9.78. The predicted molar refractivity (Wildman–Crippen MR) is 64.5 cm³/mol. The number of hydrogen-bond donors (Lipinski definition) is 1. The summed E-state index contributed by atoms with van der Waals surface area (Å²) in [7, 11) is 0. The van der Waals surface area contributed by atoms with Crippen molar-refractivity contribution < 1.29 is 9.53 Å². The third kappa shape index (κ3) is 2.02. The van der Waals surface area contributed by atoms with Gasteiger partial charge in [-0.3, -0.25) is 0 Å². The average molecular weight is 231 g/mol. The first-order chi connectivity index (χ1) is 8.34. The molecule has 1 aromatic carbocycles. The number of hydrogen-bond acceptors (Lipinski definition) is 2. The number of rotatable bonds is 1. The summed E-state index contributed by atoms with van der Waals surface area (Å²) in [5.41, 5.74) is 1.12. The molecule has 0 aromatic heterocycles. The first-order valence-electron chi connectivity index (χ1n) is 6.37. The van der Waals surface area contributed by atoms with Crippen LogP contribution in [0.15, 0.2) is 30.3 Å². The molecule has 2 aliphatic rings. The van der Waals surface area contributed by atoms with Crippen LogP contribution in [0.5, 0.6) is 0 Å². The zero-order valence-electron chi connectivity index (χ0n) is 9.76. The van der Waals surface area contributed by atoms with E-state index in [1.54, 1.807) is 0 Å². The highest BCUT2D eigenvalue weighted by Gasteiger charge is 2.40. The molecule has 0 spiro atoms. The molecule has 0 unspecified atom stereocenters. The SMILES string of the molecule is O=C1N[C@@H]2CCCC[C@H]2[C@@H](c2ccccc2)O1. The summed E-state index contributed by atoms with van der Waals surface area (Å²) in [6.45, 7) is 0. The van der Waals surface area contributed by atoms with E-state index in [-0.39, 0.29) is 12.2 Å². The lowest BCUT2D eigenvalue weighted by molar-refractivity contribution is -0.000325. The number of carbonyl (C=O) groups excluding carboxylic acids is 1. The van der Waals surface area contributed by atoms with Gasteiger partial charge in [-0.15, -0.1) is 0 Å². The summed E-state index contributed by atoms with van der Waals surface area (Å²) in [4.78, 5) is 11.6. The molecule has 1 heterocycles. The smallest absolute Gasteiger partial charge is 0.407 e. The van der Waals surface area contributed by atoms with Gasteiger partial charge in [0.2, 0.25) is 0 Å². The lowest BCUT2D eigenvalue weighted by Crippen LogP contribution is -2.50. The molecular weight excluding hydrogens is 214 g/mol. The molecule has 3 nitrogen and oxygen atoms in total. The summed E-state index contributed by atoms with van der Waals surface area (Å²) in [6, 6.07) is 10.4. The maximum absolute atomic E-state index is 11.6. The molecule has 17 heavy (non-hydrogen) atoms. The van der Waals surface area contributed by atoms with Crippen molar-refractivity contribution in [2.45, 2.75) is 37.8 Å². The Labute approximate surface area is 101 Å². The van der Waals surface area contributed by atoms with Crippen molar-refractivity contribution in [1.29, 1.82) is 0 Å². The second-order valence-corrected chi connectivity index (χ2v) is 4.94. The maximum atomic E-state index is 11.6. The van der Waals surface area contributed by atoms with Crippen LogP contribution in [0.3, 0.4) is 0 Å². The molecule has 2 fully saturated rings. The van der Waals surface area contributed by atoms with Crippen LogP contribution in [0.2, 0.25) is 0 Å². The Morgan fingerprint density at radius 2 is 1.88 bits per heavy atom. The van der Waals surface area contributed by atoms with Crippen LogP contribution in [-0.2, 0) is 4.74 Å². The Morgan fingerprint density at radius 1 is 1.12 bits per heavy atom. The molecule has 1 N–H and O–H groups in total. The number of carbonyl (C=O) groups is 1. The van der Waals surface area contributed by atoms with Gasteiger partial charge in [-0.25, -0.2) is 4.79 Å². The quantitative estimate of drug-likeness (QED) is 0.806. The topological polar surface area (TPSA) is 38.3 Å². The van der Waals surface area contributed by atoms with E-state index in [4.69, 9.17) is 4.74 Å². The Morgan fingerprint density at radius 3 is 2.71 bits per heavy atom. The Bertz CT molecular complexity index is 404. The molecule has 3 rings (SSSR count). The van der Waals surface area contributed by atoms with Crippen LogP contribution in [-0.4, -0.2) is 12.1 Å². The minimum Gasteiger partial charge on any atom is -0.441 e. The average Bonchev–Trinajstić information content (AvgIpc) is 2.39. The van der Waals surface area contributed by atoms with Gasteiger partial charge < -0.3 is 10.1 Å². The molecule has 1 amide bonds. The molecule has 1 aromatic rings. The number of alkyl carbamates (subject to hydrolysis) is 1. The zero-order chi connectivity index (χ0) is 11.7. The van der Waals surface area contributed by atoms with Crippen LogP contribution in [0, 0.1) is 5.92 Å². The number of fused-ring (bicyclic) bond motifs is 1. The first kappa shape index (κ1) is 10.6. The lowest BCUT2D eigenvalue weighted by Gasteiger charge is -2.41. The van der Waals surface area contributed by atoms with E-state index in [1.165, 1.54) is 12.8 Å². The number of nitrogens with one attached hydrogen (secondary N) is 1. The normalized spacial score (nSPS) is 32.2. The number of ether oxygens (including phenoxy) is 1. The van der Waals surface area contributed by atoms with Crippen LogP contribution in [0.1, 0.15) is 37.4 Å². The second kappa shape index (κ2) is 4.40. The van der Waals surface area contributed by atoms with E-state index in [0.717, 1.165) is 18.4 Å². The minimum atomic E-state index is -0.262. The minimum absolute atomic E-state index is 0.0600. The highest BCUT2D eigenvalue weighted by atomic mass is 16.6. The maximum Gasteiger partial charge on any atom is 0.407 e. The Kier molecular flexibility index (Phi) is 2.75. The molecular formula is C14H17NO2. The van der Waals surface area contributed by atoms with E-state index in [1.807, 2.05) is 18.2 Å². The van der Waals surface area contributed by atoms with Crippen LogP contribution >= 0.6 is 0 Å². The summed E-state index contributed by atoms with van der Waals surface area (Å²) in [5.74, 6) is 0.434. The molecule has 3 heteroatoms. The summed E-state index contributed by atoms with van der Waals surface area (Å²) >= 11 is 0. The van der Waals surface area contributed by atoms with E-state index in [0.29, 0.717) is 12.0 Å². The molecule has 1 saturated heterocycles. The van der Waals surface area contributed by atoms with E-state index in [9.17, 15) is 4.79 Å².